The number of H-pyrrole nitrogens is 2. The fraction of sp³-hybridized carbons (Fsp3) is 0.375. The molecule has 0 aliphatic heterocycles. The van der Waals surface area contributed by atoms with Crippen LogP contribution in [0.2, 0.25) is 0 Å². The second-order valence-corrected chi connectivity index (χ2v) is 23.1. The summed E-state index contributed by atoms with van der Waals surface area (Å²) in [7, 11) is 1.47. The smallest absolute Gasteiger partial charge is 0.334 e. The number of phenols is 1. The number of aliphatic hydroxyl groups excluding tert-OH is 1. The summed E-state index contributed by atoms with van der Waals surface area (Å²) in [4.78, 5) is 161. The average Bonchev–Trinajstić information content (AvgIpc) is 1.69. The van der Waals surface area contributed by atoms with Crippen LogP contribution in [0, 0.1) is 11.7 Å². The van der Waals surface area contributed by atoms with Crippen LogP contribution in [0.5, 0.6) is 5.75 Å². The number of nitrogens with two attached hydrogens (primary N) is 3. The molecular formula is C64H82FN17O13. The maximum Gasteiger partial charge on any atom is 0.334 e. The number of aromatic amines is 2. The largest absolute Gasteiger partial charge is 0.508 e. The van der Waals surface area contributed by atoms with E-state index >= 15 is 0 Å². The summed E-state index contributed by atoms with van der Waals surface area (Å²) >= 11 is 0. The molecule has 2 heterocycles. The minimum atomic E-state index is -1.98. The number of halogens is 1. The molecule has 0 aliphatic carbocycles. The van der Waals surface area contributed by atoms with Gasteiger partial charge in [0.1, 0.15) is 59.9 Å². The summed E-state index contributed by atoms with van der Waals surface area (Å²) in [5.74, 6) is -10.6. The van der Waals surface area contributed by atoms with Crippen LogP contribution in [-0.4, -0.2) is 159 Å². The number of para-hydroxylation sites is 2. The lowest BCUT2D eigenvalue weighted by molar-refractivity contribution is -0.137. The van der Waals surface area contributed by atoms with Gasteiger partial charge in [-0.15, -0.1) is 0 Å². The highest BCUT2D eigenvalue weighted by atomic mass is 19.1. The number of amides is 12. The van der Waals surface area contributed by atoms with Crippen molar-refractivity contribution in [1.29, 1.82) is 0 Å². The number of hydrazine groups is 1. The fourth-order valence-corrected chi connectivity index (χ4v) is 10.3. The Kier molecular flexibility index (Phi) is 26.9. The summed E-state index contributed by atoms with van der Waals surface area (Å²) in [6, 6.07) is 11.6. The highest BCUT2D eigenvalue weighted by Crippen LogP contribution is 2.22. The first-order chi connectivity index (χ1) is 45.2. The van der Waals surface area contributed by atoms with Gasteiger partial charge in [0.15, 0.2) is 5.96 Å². The van der Waals surface area contributed by atoms with Crippen molar-refractivity contribution in [2.75, 3.05) is 13.6 Å². The molecule has 0 saturated carbocycles. The molecule has 30 nitrogen and oxygen atoms in total. The number of aliphatic hydroxyl groups is 1. The van der Waals surface area contributed by atoms with Crippen molar-refractivity contribution in [3.8, 4) is 5.75 Å². The zero-order valence-corrected chi connectivity index (χ0v) is 53.0. The average molecular weight is 1320 g/mol. The normalized spacial score (nSPS) is 14.2. The zero-order chi connectivity index (χ0) is 69.5. The van der Waals surface area contributed by atoms with Gasteiger partial charge in [0.25, 0.3) is 5.91 Å². The number of fused-ring (bicyclic) bond motifs is 2. The molecule has 2 aromatic heterocycles. The Balaban J connectivity index is 1.17. The Bertz CT molecular complexity index is 3740. The van der Waals surface area contributed by atoms with Gasteiger partial charge in [0.05, 0.1) is 12.5 Å². The van der Waals surface area contributed by atoms with Crippen molar-refractivity contribution >= 4 is 92.9 Å². The third-order valence-electron chi connectivity index (χ3n) is 15.1. The van der Waals surface area contributed by atoms with E-state index in [0.717, 1.165) is 30.0 Å². The van der Waals surface area contributed by atoms with Gasteiger partial charge in [0, 0.05) is 80.4 Å². The molecule has 0 fully saturated rings. The van der Waals surface area contributed by atoms with Crippen LogP contribution < -0.4 is 75.9 Å². The lowest BCUT2D eigenvalue weighted by Crippen LogP contribution is -2.62. The molecule has 6 aromatic rings. The van der Waals surface area contributed by atoms with Crippen LogP contribution in [0.4, 0.5) is 9.18 Å². The number of urea groups is 1. The molecule has 508 valence electrons. The van der Waals surface area contributed by atoms with Gasteiger partial charge in [-0.1, -0.05) is 74.5 Å². The number of rotatable bonds is 33. The third-order valence-corrected chi connectivity index (χ3v) is 15.1. The van der Waals surface area contributed by atoms with Crippen LogP contribution in [0.3, 0.4) is 0 Å². The van der Waals surface area contributed by atoms with E-state index < -0.39 is 138 Å². The zero-order valence-electron chi connectivity index (χ0n) is 53.0. The lowest BCUT2D eigenvalue weighted by atomic mass is 10.0. The van der Waals surface area contributed by atoms with E-state index in [2.05, 4.69) is 73.7 Å². The number of aromatic hydroxyl groups is 1. The summed E-state index contributed by atoms with van der Waals surface area (Å²) < 4.78 is 14.6. The first-order valence-corrected chi connectivity index (χ1v) is 30.5. The van der Waals surface area contributed by atoms with Gasteiger partial charge >= 0.3 is 6.03 Å². The SMILES string of the molecule is CN=C(N)NCCC[C@H](NC(=O)[C@H](CC(C)C)NC(=O)NNC(=O)[C@H](Cc1cccc(F)c1)NC(=O)[C@@H](NC(=O)[C@H](CC(N)=O)NC(=O)[C@@H](Cc1c[nH]c2ccccc12)NC(=O)[C@@H](Cc1ccc(O)cc1)NC(C)=O)[C@@H](C)O)C(=O)N[C@@H](Cc1c[nH]c2ccccc12)C(N)=O. The summed E-state index contributed by atoms with van der Waals surface area (Å²) in [6.45, 7) is 5.98. The number of nitrogens with one attached hydrogen (secondary N) is 13. The lowest BCUT2D eigenvalue weighted by Gasteiger charge is -2.28. The van der Waals surface area contributed by atoms with Gasteiger partial charge in [0.2, 0.25) is 53.2 Å². The van der Waals surface area contributed by atoms with Gasteiger partial charge in [-0.25, -0.2) is 14.6 Å². The first-order valence-electron chi connectivity index (χ1n) is 30.5. The van der Waals surface area contributed by atoms with Crippen molar-refractivity contribution < 1.29 is 67.3 Å². The molecule has 0 radical (unpaired) electrons. The molecule has 6 rings (SSSR count). The van der Waals surface area contributed by atoms with E-state index in [0.29, 0.717) is 27.6 Å². The van der Waals surface area contributed by atoms with Crippen molar-refractivity contribution in [2.24, 2.45) is 28.1 Å². The second kappa shape index (κ2) is 35.1. The number of carbonyl (C=O) groups excluding carboxylic acids is 11. The molecule has 9 atom stereocenters. The Morgan fingerprint density at radius 1 is 0.547 bits per heavy atom. The molecule has 0 saturated heterocycles. The Morgan fingerprint density at radius 2 is 1.06 bits per heavy atom. The number of benzene rings is 4. The van der Waals surface area contributed by atoms with Crippen molar-refractivity contribution in [3.63, 3.8) is 0 Å². The van der Waals surface area contributed by atoms with Gasteiger partial charge < -0.3 is 85.2 Å². The minimum absolute atomic E-state index is 0.00138. The van der Waals surface area contributed by atoms with Gasteiger partial charge in [-0.2, -0.15) is 0 Å². The number of nitrogens with zero attached hydrogens (tertiary/aromatic N) is 1. The molecule has 31 heteroatoms. The Hall–Kier alpha value is -11.1. The van der Waals surface area contributed by atoms with E-state index in [-0.39, 0.29) is 68.3 Å². The van der Waals surface area contributed by atoms with Crippen LogP contribution >= 0.6 is 0 Å². The molecule has 4 aromatic carbocycles. The molecule has 21 N–H and O–H groups in total. The summed E-state index contributed by atoms with van der Waals surface area (Å²) in [5.41, 5.74) is 24.8. The molecule has 0 unspecified atom stereocenters. The summed E-state index contributed by atoms with van der Waals surface area (Å²) in [5, 5.41) is 45.3. The first kappa shape index (κ1) is 72.9. The number of aromatic nitrogens is 2. The Labute approximate surface area is 545 Å². The highest BCUT2D eigenvalue weighted by molar-refractivity contribution is 5.99. The van der Waals surface area contributed by atoms with Crippen molar-refractivity contribution in [1.82, 2.24) is 68.7 Å². The maximum atomic E-state index is 14.6. The summed E-state index contributed by atoms with van der Waals surface area (Å²) in [6.07, 6.45) is 0.0336. The number of primary amides is 2. The number of phenolic OH excluding ortho intramolecular Hbond substituents is 1. The molecule has 12 amide bonds. The predicted molar refractivity (Wildman–Crippen MR) is 348 cm³/mol. The quantitative estimate of drug-likeness (QED) is 0.0102. The monoisotopic (exact) mass is 1320 g/mol. The molecule has 0 spiro atoms. The van der Waals surface area contributed by atoms with E-state index in [1.165, 1.54) is 50.4 Å². The van der Waals surface area contributed by atoms with Crippen LogP contribution in [-0.2, 0) is 73.6 Å². The number of guanidine groups is 1. The van der Waals surface area contributed by atoms with Gasteiger partial charge in [-0.05, 0) is 90.8 Å². The highest BCUT2D eigenvalue weighted by Gasteiger charge is 2.36. The molecule has 0 aliphatic rings. The Morgan fingerprint density at radius 3 is 1.63 bits per heavy atom. The topological polar surface area (TPSA) is 483 Å². The third kappa shape index (κ3) is 22.6. The molecular weight excluding hydrogens is 1230 g/mol. The van der Waals surface area contributed by atoms with E-state index in [1.807, 2.05) is 24.3 Å². The fourth-order valence-electron chi connectivity index (χ4n) is 10.3. The number of aliphatic imine (C=N–C) groups is 1. The van der Waals surface area contributed by atoms with Gasteiger partial charge in [-0.3, -0.25) is 58.4 Å². The number of carbonyl (C=O) groups is 11. The molecule has 0 bridgehead atoms. The van der Waals surface area contributed by atoms with Crippen molar-refractivity contribution in [2.45, 2.75) is 134 Å². The second-order valence-electron chi connectivity index (χ2n) is 23.1. The van der Waals surface area contributed by atoms with E-state index in [1.54, 1.807) is 50.5 Å². The maximum absolute atomic E-state index is 14.6. The standard InChI is InChI=1S/C64H82FN17O13/c1-33(2)24-48(57(89)74-46(18-11-23-70-63(68)69-5)56(88)75-47(55(67)87)28-38-31-71-44-16-8-6-14-42(38)44)79-64(95)82-81-61(93)50(27-37-12-10-13-40(65)25-37)78-62(94)54(34(3)83)80-60(92)52(30-53(66)86)77-59(91)51(29-39-32-72-45-17-9-7-15-43(39)45)76-58(90)49(73-35(4)84)26-36-19-21-41(85)22-20-36/h6-10,12-17,19-22,25,31-34,46-52,54,71-72,83,85H,11,18,23-24,26-30H2,1-5H3,(H2,66,86)(H2,67,87)(H,73,84)(H,74,89)(H,75,88)(H,76,90)(H,77,91)(H,78,94)(H,80,92)(H,81,93)(H3,68,69,70)(H2,79,82,95)/t34-,46+,47+,48+,49-,50+,51-,52+,54+/m1/s1. The van der Waals surface area contributed by atoms with E-state index in [9.17, 15) is 67.3 Å². The predicted octanol–water partition coefficient (Wildman–Crippen LogP) is -1.02. The van der Waals surface area contributed by atoms with Crippen molar-refractivity contribution in [3.05, 3.63) is 138 Å². The minimum Gasteiger partial charge on any atom is -0.508 e. The number of hydrogen-bond acceptors (Lipinski definition) is 14. The van der Waals surface area contributed by atoms with Crippen LogP contribution in [0.1, 0.15) is 75.6 Å². The number of hydrogen-bond donors (Lipinski definition) is 18. The van der Waals surface area contributed by atoms with E-state index in [4.69, 9.17) is 17.2 Å². The molecule has 95 heavy (non-hydrogen) atoms. The van der Waals surface area contributed by atoms with Crippen LogP contribution in [0.15, 0.2) is 114 Å². The van der Waals surface area contributed by atoms with Crippen LogP contribution in [0.25, 0.3) is 21.8 Å².